The van der Waals surface area contributed by atoms with E-state index in [2.05, 4.69) is 5.32 Å². The minimum absolute atomic E-state index is 0.0447. The van der Waals surface area contributed by atoms with E-state index in [1.807, 2.05) is 11.4 Å². The molecule has 168 valence electrons. The number of nitrogens with one attached hydrogen (secondary N) is 1. The van der Waals surface area contributed by atoms with Crippen LogP contribution in [0, 0.1) is 12.7 Å². The van der Waals surface area contributed by atoms with Crippen LogP contribution >= 0.6 is 11.3 Å². The number of alkyl halides is 1. The predicted octanol–water partition coefficient (Wildman–Crippen LogP) is 3.61. The Hall–Kier alpha value is -3.07. The molecule has 0 unspecified atom stereocenters. The van der Waals surface area contributed by atoms with Crippen LogP contribution in [-0.2, 0) is 22.7 Å². The lowest BCUT2D eigenvalue weighted by Crippen LogP contribution is -2.46. The number of benzene rings is 1. The molecular formula is C23H23F2N3O3S. The third kappa shape index (κ3) is 4.17. The van der Waals surface area contributed by atoms with E-state index in [1.165, 1.54) is 23.2 Å². The molecule has 2 aromatic heterocycles. The van der Waals surface area contributed by atoms with Gasteiger partial charge >= 0.3 is 0 Å². The topological polar surface area (TPSA) is 71.4 Å². The summed E-state index contributed by atoms with van der Waals surface area (Å²) >= 11 is 1.41. The minimum Gasteiger partial charge on any atom is -0.350 e. The van der Waals surface area contributed by atoms with Gasteiger partial charge in [0.25, 0.3) is 0 Å². The number of rotatable bonds is 6. The summed E-state index contributed by atoms with van der Waals surface area (Å²) in [6, 6.07) is 5.76. The van der Waals surface area contributed by atoms with E-state index in [1.54, 1.807) is 35.9 Å². The number of aryl methyl sites for hydroxylation is 1. The maximum absolute atomic E-state index is 14.2. The average Bonchev–Trinajstić information content (AvgIpc) is 3.45. The predicted molar refractivity (Wildman–Crippen MR) is 118 cm³/mol. The lowest BCUT2D eigenvalue weighted by molar-refractivity contribution is -0.139. The number of hydrogen-bond donors (Lipinski definition) is 1. The number of fused-ring (bicyclic) bond motifs is 1. The molecule has 0 radical (unpaired) electrons. The third-order valence-electron chi connectivity index (χ3n) is 5.77. The van der Waals surface area contributed by atoms with E-state index in [0.29, 0.717) is 16.7 Å². The Morgan fingerprint density at radius 3 is 2.78 bits per heavy atom. The Labute approximate surface area is 187 Å². The molecule has 32 heavy (non-hydrogen) atoms. The first-order chi connectivity index (χ1) is 15.3. The van der Waals surface area contributed by atoms with Crippen molar-refractivity contribution in [2.45, 2.75) is 45.6 Å². The van der Waals surface area contributed by atoms with Crippen LogP contribution in [0.2, 0.25) is 0 Å². The zero-order valence-corrected chi connectivity index (χ0v) is 18.5. The summed E-state index contributed by atoms with van der Waals surface area (Å²) in [6.07, 6.45) is 0.204. The van der Waals surface area contributed by atoms with Gasteiger partial charge in [0.1, 0.15) is 24.6 Å². The van der Waals surface area contributed by atoms with Gasteiger partial charge in [-0.05, 0) is 30.9 Å². The summed E-state index contributed by atoms with van der Waals surface area (Å²) in [4.78, 5) is 38.9. The summed E-state index contributed by atoms with van der Waals surface area (Å²) in [7, 11) is 0. The molecule has 0 saturated carbocycles. The fourth-order valence-corrected chi connectivity index (χ4v) is 5.05. The zero-order valence-electron chi connectivity index (χ0n) is 17.7. The van der Waals surface area contributed by atoms with E-state index in [-0.39, 0.29) is 31.8 Å². The Kier molecular flexibility index (Phi) is 6.10. The van der Waals surface area contributed by atoms with Gasteiger partial charge in [0.2, 0.25) is 11.8 Å². The number of nitrogens with zero attached hydrogens (tertiary/aromatic N) is 2. The largest absolute Gasteiger partial charge is 0.350 e. The SMILES string of the molecule is CC(=O)c1cn(CC(=O)N2C[C@H](F)C[C@H]2C(=O)NCc2cccc(C)c2F)c2ccsc12. The maximum Gasteiger partial charge on any atom is 0.243 e. The van der Waals surface area contributed by atoms with Gasteiger partial charge in [-0.2, -0.15) is 0 Å². The highest BCUT2D eigenvalue weighted by Crippen LogP contribution is 2.28. The lowest BCUT2D eigenvalue weighted by atomic mass is 10.1. The number of carbonyl (C=O) groups is 3. The van der Waals surface area contributed by atoms with Gasteiger partial charge in [-0.3, -0.25) is 14.4 Å². The molecule has 4 rings (SSSR count). The Bertz CT molecular complexity index is 1200. The normalized spacial score (nSPS) is 18.3. The number of amides is 2. The van der Waals surface area contributed by atoms with E-state index in [9.17, 15) is 23.2 Å². The second-order valence-corrected chi connectivity index (χ2v) is 8.94. The first kappa shape index (κ1) is 22.1. The average molecular weight is 460 g/mol. The molecule has 9 heteroatoms. The minimum atomic E-state index is -1.32. The van der Waals surface area contributed by atoms with Crippen molar-refractivity contribution in [3.8, 4) is 0 Å². The molecule has 0 aliphatic carbocycles. The van der Waals surface area contributed by atoms with Gasteiger partial charge < -0.3 is 14.8 Å². The lowest BCUT2D eigenvalue weighted by Gasteiger charge is -2.24. The van der Waals surface area contributed by atoms with E-state index in [0.717, 1.165) is 10.2 Å². The molecule has 1 N–H and O–H groups in total. The summed E-state index contributed by atoms with van der Waals surface area (Å²) in [5, 5.41) is 4.47. The highest BCUT2D eigenvalue weighted by molar-refractivity contribution is 7.17. The molecule has 6 nitrogen and oxygen atoms in total. The monoisotopic (exact) mass is 459 g/mol. The summed E-state index contributed by atoms with van der Waals surface area (Å²) < 4.78 is 30.8. The summed E-state index contributed by atoms with van der Waals surface area (Å²) in [5.74, 6) is -1.43. The number of carbonyl (C=O) groups excluding carboxylic acids is 3. The van der Waals surface area contributed by atoms with Crippen molar-refractivity contribution < 1.29 is 23.2 Å². The standard InChI is InChI=1S/C23H23F2N3O3S/c1-13-4-3-5-15(21(13)25)9-26-23(31)19-8-16(24)10-28(19)20(30)12-27-11-17(14(2)29)22-18(27)6-7-32-22/h3-7,11,16,19H,8-10,12H2,1-2H3,(H,26,31)/t16-,19+/m1/s1. The van der Waals surface area contributed by atoms with Crippen molar-refractivity contribution in [1.29, 1.82) is 0 Å². The second kappa shape index (κ2) is 8.82. The fraction of sp³-hybridized carbons (Fsp3) is 0.348. The van der Waals surface area contributed by atoms with E-state index >= 15 is 0 Å². The highest BCUT2D eigenvalue weighted by Gasteiger charge is 2.39. The molecule has 1 aromatic carbocycles. The van der Waals surface area contributed by atoms with Crippen LogP contribution in [0.15, 0.2) is 35.8 Å². The van der Waals surface area contributed by atoms with E-state index in [4.69, 9.17) is 0 Å². The zero-order chi connectivity index (χ0) is 23.0. The molecular weight excluding hydrogens is 436 g/mol. The number of Topliss-reactive ketones (excluding diaryl/α,β-unsaturated/α-hetero) is 1. The second-order valence-electron chi connectivity index (χ2n) is 8.02. The molecule has 0 spiro atoms. The molecule has 1 aliphatic heterocycles. The third-order valence-corrected chi connectivity index (χ3v) is 6.70. The maximum atomic E-state index is 14.2. The van der Waals surface area contributed by atoms with Crippen molar-refractivity contribution in [2.24, 2.45) is 0 Å². The molecule has 3 aromatic rings. The Morgan fingerprint density at radius 1 is 1.25 bits per heavy atom. The first-order valence-electron chi connectivity index (χ1n) is 10.3. The molecule has 1 aliphatic rings. The molecule has 0 bridgehead atoms. The van der Waals surface area contributed by atoms with Crippen molar-refractivity contribution in [2.75, 3.05) is 6.54 Å². The van der Waals surface area contributed by atoms with Gasteiger partial charge in [-0.25, -0.2) is 8.78 Å². The van der Waals surface area contributed by atoms with Crippen LogP contribution in [0.3, 0.4) is 0 Å². The molecule has 3 heterocycles. The van der Waals surface area contributed by atoms with Crippen LogP contribution in [0.25, 0.3) is 10.2 Å². The molecule has 2 atom stereocenters. The van der Waals surface area contributed by atoms with Gasteiger partial charge in [0.05, 0.1) is 22.3 Å². The van der Waals surface area contributed by atoms with Crippen molar-refractivity contribution >= 4 is 39.2 Å². The van der Waals surface area contributed by atoms with Crippen molar-refractivity contribution in [3.05, 3.63) is 58.3 Å². The van der Waals surface area contributed by atoms with Gasteiger partial charge in [-0.1, -0.05) is 18.2 Å². The van der Waals surface area contributed by atoms with Crippen LogP contribution in [0.1, 0.15) is 34.8 Å². The smallest absolute Gasteiger partial charge is 0.243 e. The van der Waals surface area contributed by atoms with Gasteiger partial charge in [-0.15, -0.1) is 11.3 Å². The Morgan fingerprint density at radius 2 is 2.03 bits per heavy atom. The fourth-order valence-electron chi connectivity index (χ4n) is 4.09. The van der Waals surface area contributed by atoms with Gasteiger partial charge in [0.15, 0.2) is 5.78 Å². The molecule has 1 saturated heterocycles. The van der Waals surface area contributed by atoms with Crippen LogP contribution in [-0.4, -0.2) is 45.8 Å². The van der Waals surface area contributed by atoms with Crippen LogP contribution < -0.4 is 5.32 Å². The molecule has 2 amide bonds. The van der Waals surface area contributed by atoms with Crippen molar-refractivity contribution in [1.82, 2.24) is 14.8 Å². The Balaban J connectivity index is 1.48. The number of aromatic nitrogens is 1. The molecule has 1 fully saturated rings. The number of likely N-dealkylation sites (tertiary alicyclic amines) is 1. The van der Waals surface area contributed by atoms with E-state index < -0.39 is 29.8 Å². The first-order valence-corrected chi connectivity index (χ1v) is 11.2. The summed E-state index contributed by atoms with van der Waals surface area (Å²) in [6.45, 7) is 2.77. The quantitative estimate of drug-likeness (QED) is 0.573. The highest BCUT2D eigenvalue weighted by atomic mass is 32.1. The van der Waals surface area contributed by atoms with Crippen LogP contribution in [0.5, 0.6) is 0 Å². The number of hydrogen-bond acceptors (Lipinski definition) is 4. The number of halogens is 2. The number of ketones is 1. The summed E-state index contributed by atoms with van der Waals surface area (Å²) in [5.41, 5.74) is 2.08. The number of thiophene rings is 1. The van der Waals surface area contributed by atoms with Crippen LogP contribution in [0.4, 0.5) is 8.78 Å². The van der Waals surface area contributed by atoms with Gasteiger partial charge in [0, 0.05) is 24.7 Å². The van der Waals surface area contributed by atoms with Crippen molar-refractivity contribution in [3.63, 3.8) is 0 Å².